The van der Waals surface area contributed by atoms with Crippen molar-refractivity contribution in [3.8, 4) is 0 Å². The first-order chi connectivity index (χ1) is 10.6. The van der Waals surface area contributed by atoms with Gasteiger partial charge < -0.3 is 9.80 Å². The normalized spacial score (nSPS) is 16.7. The first kappa shape index (κ1) is 16.7. The largest absolute Gasteiger partial charge is 0.369 e. The number of anilines is 1. The average Bonchev–Trinajstić information content (AvgIpc) is 2.52. The fraction of sp³-hybridized carbons (Fsp3) is 0.562. The zero-order valence-corrected chi connectivity index (χ0v) is 13.8. The van der Waals surface area contributed by atoms with Gasteiger partial charge in [-0.2, -0.15) is 0 Å². The van der Waals surface area contributed by atoms with Gasteiger partial charge in [-0.25, -0.2) is 4.99 Å². The topological polar surface area (TPSA) is 54.3 Å². The zero-order valence-electron chi connectivity index (χ0n) is 13.8. The van der Waals surface area contributed by atoms with E-state index in [1.165, 1.54) is 12.0 Å². The second-order valence-corrected chi connectivity index (χ2v) is 5.99. The molecule has 1 aliphatic rings. The third-order valence-corrected chi connectivity index (χ3v) is 4.04. The molecule has 6 heteroatoms. The van der Waals surface area contributed by atoms with Gasteiger partial charge in [-0.05, 0) is 44.8 Å². The highest BCUT2D eigenvalue weighted by molar-refractivity contribution is 5.64. The van der Waals surface area contributed by atoms with Gasteiger partial charge in [0.05, 0.1) is 5.69 Å². The van der Waals surface area contributed by atoms with Crippen molar-refractivity contribution in [2.45, 2.75) is 6.92 Å². The van der Waals surface area contributed by atoms with Crippen LogP contribution in [0.25, 0.3) is 0 Å². The van der Waals surface area contributed by atoms with Crippen molar-refractivity contribution in [2.75, 3.05) is 58.3 Å². The van der Waals surface area contributed by atoms with Gasteiger partial charge in [-0.1, -0.05) is 0 Å². The van der Waals surface area contributed by atoms with Crippen LogP contribution in [0.1, 0.15) is 5.56 Å². The van der Waals surface area contributed by atoms with Gasteiger partial charge in [0.1, 0.15) is 6.34 Å². The number of likely N-dealkylation sites (N-methyl/N-ethyl adjacent to an activating group) is 1. The van der Waals surface area contributed by atoms with Crippen LogP contribution in [0, 0.1) is 6.92 Å². The lowest BCUT2D eigenvalue weighted by molar-refractivity contribution is 0.229. The summed E-state index contributed by atoms with van der Waals surface area (Å²) < 4.78 is 0. The number of nitrogens with one attached hydrogen (secondary N) is 1. The SMILES string of the molecule is Cc1cc(N2CCN(CCN(C)C)CC2)ccc1N=CNO. The second-order valence-electron chi connectivity index (χ2n) is 5.99. The van der Waals surface area contributed by atoms with Gasteiger partial charge in [0.15, 0.2) is 0 Å². The van der Waals surface area contributed by atoms with E-state index in [4.69, 9.17) is 5.21 Å². The number of hydroxylamine groups is 1. The maximum atomic E-state index is 8.56. The van der Waals surface area contributed by atoms with Crippen molar-refractivity contribution in [1.82, 2.24) is 15.3 Å². The lowest BCUT2D eigenvalue weighted by atomic mass is 10.1. The minimum absolute atomic E-state index is 0.870. The average molecular weight is 305 g/mol. The van der Waals surface area contributed by atoms with E-state index in [1.54, 1.807) is 0 Å². The Labute approximate surface area is 133 Å². The second kappa shape index (κ2) is 8.12. The van der Waals surface area contributed by atoms with Gasteiger partial charge in [-0.3, -0.25) is 15.6 Å². The van der Waals surface area contributed by atoms with E-state index in [2.05, 4.69) is 45.9 Å². The van der Waals surface area contributed by atoms with Crippen LogP contribution >= 0.6 is 0 Å². The van der Waals surface area contributed by atoms with E-state index in [0.29, 0.717) is 0 Å². The fourth-order valence-corrected chi connectivity index (χ4v) is 2.65. The van der Waals surface area contributed by atoms with Crippen LogP contribution < -0.4 is 10.4 Å². The van der Waals surface area contributed by atoms with E-state index >= 15 is 0 Å². The fourth-order valence-electron chi connectivity index (χ4n) is 2.65. The molecule has 0 amide bonds. The third kappa shape index (κ3) is 4.69. The summed E-state index contributed by atoms with van der Waals surface area (Å²) in [4.78, 5) is 11.3. The van der Waals surface area contributed by atoms with Gasteiger partial charge in [0, 0.05) is 45.0 Å². The smallest absolute Gasteiger partial charge is 0.113 e. The van der Waals surface area contributed by atoms with E-state index in [1.807, 2.05) is 18.5 Å². The molecule has 22 heavy (non-hydrogen) atoms. The molecule has 0 atom stereocenters. The highest BCUT2D eigenvalue weighted by Crippen LogP contribution is 2.25. The standard InChI is InChI=1S/C16H27N5O/c1-14-12-15(4-5-16(14)17-13-18-22)21-10-8-20(9-11-21)7-6-19(2)3/h4-5,12-13,22H,6-11H2,1-3H3,(H,17,18). The Hall–Kier alpha value is -1.63. The number of nitrogens with zero attached hydrogens (tertiary/aromatic N) is 4. The highest BCUT2D eigenvalue weighted by Gasteiger charge is 2.17. The minimum atomic E-state index is 0.870. The number of aliphatic imine (C=N–C) groups is 1. The quantitative estimate of drug-likeness (QED) is 0.472. The van der Waals surface area contributed by atoms with Crippen LogP contribution in [-0.2, 0) is 0 Å². The summed E-state index contributed by atoms with van der Waals surface area (Å²) in [5.74, 6) is 0. The van der Waals surface area contributed by atoms with Gasteiger partial charge >= 0.3 is 0 Å². The minimum Gasteiger partial charge on any atom is -0.369 e. The van der Waals surface area contributed by atoms with Crippen molar-refractivity contribution < 1.29 is 5.21 Å². The van der Waals surface area contributed by atoms with Crippen LogP contribution in [0.5, 0.6) is 0 Å². The molecule has 0 unspecified atom stereocenters. The van der Waals surface area contributed by atoms with Crippen molar-refractivity contribution in [2.24, 2.45) is 4.99 Å². The molecule has 0 aliphatic carbocycles. The van der Waals surface area contributed by atoms with E-state index < -0.39 is 0 Å². The molecule has 0 radical (unpaired) electrons. The lowest BCUT2D eigenvalue weighted by Gasteiger charge is -2.36. The number of hydrogen-bond donors (Lipinski definition) is 2. The van der Waals surface area contributed by atoms with E-state index in [0.717, 1.165) is 50.5 Å². The summed E-state index contributed by atoms with van der Waals surface area (Å²) in [6, 6.07) is 6.27. The van der Waals surface area contributed by atoms with Crippen molar-refractivity contribution in [3.05, 3.63) is 23.8 Å². The molecule has 1 saturated heterocycles. The Bertz CT molecular complexity index is 495. The van der Waals surface area contributed by atoms with Crippen LogP contribution in [0.4, 0.5) is 11.4 Å². The van der Waals surface area contributed by atoms with Gasteiger partial charge in [-0.15, -0.1) is 0 Å². The first-order valence-corrected chi connectivity index (χ1v) is 7.75. The van der Waals surface area contributed by atoms with Crippen LogP contribution in [0.3, 0.4) is 0 Å². The summed E-state index contributed by atoms with van der Waals surface area (Å²) in [5.41, 5.74) is 5.17. The molecule has 1 aromatic carbocycles. The van der Waals surface area contributed by atoms with E-state index in [9.17, 15) is 0 Å². The van der Waals surface area contributed by atoms with Crippen LogP contribution in [0.15, 0.2) is 23.2 Å². The molecule has 0 aromatic heterocycles. The molecule has 122 valence electrons. The maximum Gasteiger partial charge on any atom is 0.113 e. The Kier molecular flexibility index (Phi) is 6.18. The summed E-state index contributed by atoms with van der Waals surface area (Å²) in [6.07, 6.45) is 1.28. The predicted octanol–water partition coefficient (Wildman–Crippen LogP) is 1.32. The number of piperazine rings is 1. The molecule has 0 spiro atoms. The molecule has 2 N–H and O–H groups in total. The zero-order chi connectivity index (χ0) is 15.9. The summed E-state index contributed by atoms with van der Waals surface area (Å²) in [5, 5.41) is 8.56. The number of benzene rings is 1. The predicted molar refractivity (Wildman–Crippen MR) is 91.5 cm³/mol. The number of aryl methyl sites for hydroxylation is 1. The first-order valence-electron chi connectivity index (χ1n) is 7.75. The molecular weight excluding hydrogens is 278 g/mol. The Balaban J connectivity index is 1.91. The molecule has 1 aromatic rings. The Morgan fingerprint density at radius 1 is 1.27 bits per heavy atom. The molecule has 0 saturated carbocycles. The summed E-state index contributed by atoms with van der Waals surface area (Å²) in [7, 11) is 4.24. The number of rotatable bonds is 6. The molecule has 6 nitrogen and oxygen atoms in total. The molecule has 1 fully saturated rings. The lowest BCUT2D eigenvalue weighted by Crippen LogP contribution is -2.48. The van der Waals surface area contributed by atoms with E-state index in [-0.39, 0.29) is 0 Å². The van der Waals surface area contributed by atoms with Gasteiger partial charge in [0.2, 0.25) is 0 Å². The summed E-state index contributed by atoms with van der Waals surface area (Å²) >= 11 is 0. The Morgan fingerprint density at radius 2 is 2.00 bits per heavy atom. The number of hydrogen-bond acceptors (Lipinski definition) is 5. The van der Waals surface area contributed by atoms with Crippen molar-refractivity contribution >= 4 is 17.7 Å². The summed E-state index contributed by atoms with van der Waals surface area (Å²) in [6.45, 7) is 8.65. The molecule has 0 bridgehead atoms. The highest BCUT2D eigenvalue weighted by atomic mass is 16.5. The maximum absolute atomic E-state index is 8.56. The third-order valence-electron chi connectivity index (χ3n) is 4.04. The van der Waals surface area contributed by atoms with Gasteiger partial charge in [0.25, 0.3) is 0 Å². The van der Waals surface area contributed by atoms with Crippen molar-refractivity contribution in [1.29, 1.82) is 0 Å². The molecule has 1 aliphatic heterocycles. The van der Waals surface area contributed by atoms with Crippen molar-refractivity contribution in [3.63, 3.8) is 0 Å². The molecule has 1 heterocycles. The Morgan fingerprint density at radius 3 is 2.59 bits per heavy atom. The van der Waals surface area contributed by atoms with Crippen LogP contribution in [-0.4, -0.2) is 74.7 Å². The molecular formula is C16H27N5O. The van der Waals surface area contributed by atoms with Crippen LogP contribution in [0.2, 0.25) is 0 Å². The molecule has 2 rings (SSSR count). The monoisotopic (exact) mass is 305 g/mol.